The molecule has 0 aliphatic carbocycles. The van der Waals surface area contributed by atoms with Gasteiger partial charge < -0.3 is 41.0 Å². The van der Waals surface area contributed by atoms with Gasteiger partial charge in [0.1, 0.15) is 36.2 Å². The molecule has 0 radical (unpaired) electrons. The molecule has 4 atom stereocenters. The second-order valence-electron chi connectivity index (χ2n) is 15.1. The van der Waals surface area contributed by atoms with Crippen LogP contribution in [0.2, 0.25) is 0 Å². The van der Waals surface area contributed by atoms with E-state index in [0.717, 1.165) is 30.7 Å². The second-order valence-corrected chi connectivity index (χ2v) is 15.1. The van der Waals surface area contributed by atoms with Crippen molar-refractivity contribution in [3.63, 3.8) is 0 Å². The number of hydrogen-bond donors (Lipinski definition) is 4. The number of benzene rings is 2. The van der Waals surface area contributed by atoms with E-state index in [0.29, 0.717) is 70.7 Å². The van der Waals surface area contributed by atoms with E-state index in [1.54, 1.807) is 41.2 Å². The topological polar surface area (TPSA) is 176 Å². The monoisotopic (exact) mass is 841 g/mol. The molecule has 5 amide bonds. The summed E-state index contributed by atoms with van der Waals surface area (Å²) in [6.07, 6.45) is 3.89. The number of halogens is 1. The Kier molecular flexibility index (Phi) is 17.4. The van der Waals surface area contributed by atoms with Crippen LogP contribution in [0.15, 0.2) is 48.5 Å². The summed E-state index contributed by atoms with van der Waals surface area (Å²) in [5.41, 5.74) is 7.13. The molecule has 0 saturated carbocycles. The third-order valence-corrected chi connectivity index (χ3v) is 10.8. The van der Waals surface area contributed by atoms with Crippen molar-refractivity contribution in [2.45, 2.75) is 95.9 Å². The molecule has 5 rings (SSSR count). The van der Waals surface area contributed by atoms with Gasteiger partial charge in [0, 0.05) is 45.7 Å². The SMILES string of the molecule is Br.COc1cccc(CN2CCCN(C(=O)C3CCC(=O)N[C@H](C(C)C)C(=O)N[C@@H](CCCCN)C(=O)N4CCC[C@@H]4COc4ccccc4C(=O)N3)CC2)c1. The van der Waals surface area contributed by atoms with Crippen molar-refractivity contribution in [3.8, 4) is 11.5 Å². The lowest BCUT2D eigenvalue weighted by Crippen LogP contribution is -2.57. The molecule has 2 fully saturated rings. The number of ether oxygens (including phenoxy) is 2. The minimum atomic E-state index is -1.00. The zero-order valence-electron chi connectivity index (χ0n) is 33.0. The number of nitrogens with zero attached hydrogens (tertiary/aromatic N) is 3. The number of unbranched alkanes of at least 4 members (excludes halogenated alkanes) is 1. The number of amides is 5. The predicted octanol–water partition coefficient (Wildman–Crippen LogP) is 3.02. The number of carbonyl (C=O) groups is 5. The van der Waals surface area contributed by atoms with E-state index in [1.807, 2.05) is 32.0 Å². The highest BCUT2D eigenvalue weighted by molar-refractivity contribution is 8.93. The van der Waals surface area contributed by atoms with Crippen molar-refractivity contribution in [1.29, 1.82) is 0 Å². The average molecular weight is 843 g/mol. The van der Waals surface area contributed by atoms with Crippen molar-refractivity contribution in [3.05, 3.63) is 59.7 Å². The first-order valence-corrected chi connectivity index (χ1v) is 19.8. The first-order valence-electron chi connectivity index (χ1n) is 19.8. The summed E-state index contributed by atoms with van der Waals surface area (Å²) in [4.78, 5) is 75.4. The Labute approximate surface area is 341 Å². The van der Waals surface area contributed by atoms with E-state index in [1.165, 1.54) is 0 Å². The smallest absolute Gasteiger partial charge is 0.255 e. The standard InChI is InChI=1S/C41H59N7O7.BrH/c1-28(2)37-39(51)44-33(15-6-7-19-42)41(53)48-22-9-12-30(48)27-55-35-16-5-4-14-32(35)38(50)43-34(17-18-36(49)45-37)40(52)47-21-10-20-46(23-24-47)26-29-11-8-13-31(25-29)54-3;/h4-5,8,11,13-14,16,25,28,30,33-34,37H,6-7,9-10,12,15,17-24,26-27,42H2,1-3H3,(H,43,50)(H,44,51)(H,45,49);1H/t30-,33+,34?,37-;/m1./s1. The van der Waals surface area contributed by atoms with Gasteiger partial charge in [0.15, 0.2) is 0 Å². The van der Waals surface area contributed by atoms with Crippen LogP contribution in [0.25, 0.3) is 0 Å². The largest absolute Gasteiger partial charge is 0.497 e. The minimum absolute atomic E-state index is 0. The summed E-state index contributed by atoms with van der Waals surface area (Å²) in [6.45, 7) is 7.91. The molecule has 2 aromatic carbocycles. The Morgan fingerprint density at radius 1 is 0.929 bits per heavy atom. The maximum absolute atomic E-state index is 14.3. The molecule has 308 valence electrons. The number of fused-ring (bicyclic) bond motifs is 2. The van der Waals surface area contributed by atoms with Crippen LogP contribution in [0.3, 0.4) is 0 Å². The van der Waals surface area contributed by atoms with E-state index in [2.05, 4.69) is 26.9 Å². The molecule has 0 bridgehead atoms. The summed E-state index contributed by atoms with van der Waals surface area (Å²) < 4.78 is 11.7. The number of nitrogens with one attached hydrogen (secondary N) is 3. The first-order chi connectivity index (χ1) is 26.6. The molecule has 1 unspecified atom stereocenters. The first kappa shape index (κ1) is 44.5. The maximum atomic E-state index is 14.3. The molecule has 0 aromatic heterocycles. The van der Waals surface area contributed by atoms with Crippen molar-refractivity contribution >= 4 is 46.5 Å². The van der Waals surface area contributed by atoms with Crippen LogP contribution in [-0.4, -0.2) is 121 Å². The number of hydrogen-bond acceptors (Lipinski definition) is 9. The van der Waals surface area contributed by atoms with Gasteiger partial charge in [-0.3, -0.25) is 28.9 Å². The van der Waals surface area contributed by atoms with Crippen LogP contribution in [0.1, 0.15) is 81.1 Å². The van der Waals surface area contributed by atoms with Crippen LogP contribution in [0.5, 0.6) is 11.5 Å². The molecule has 3 aliphatic heterocycles. The summed E-state index contributed by atoms with van der Waals surface area (Å²) in [5, 5.41) is 8.76. The fourth-order valence-corrected chi connectivity index (χ4v) is 7.63. The zero-order valence-corrected chi connectivity index (χ0v) is 34.7. The molecule has 5 N–H and O–H groups in total. The van der Waals surface area contributed by atoms with Crippen LogP contribution < -0.4 is 31.2 Å². The van der Waals surface area contributed by atoms with E-state index in [9.17, 15) is 24.0 Å². The Morgan fingerprint density at radius 2 is 1.73 bits per heavy atom. The number of carbonyl (C=O) groups excluding carboxylic acids is 5. The third-order valence-electron chi connectivity index (χ3n) is 10.8. The van der Waals surface area contributed by atoms with Gasteiger partial charge in [-0.25, -0.2) is 0 Å². The molecule has 2 saturated heterocycles. The predicted molar refractivity (Wildman–Crippen MR) is 219 cm³/mol. The van der Waals surface area contributed by atoms with Gasteiger partial charge in [-0.05, 0) is 87.2 Å². The lowest BCUT2D eigenvalue weighted by atomic mass is 10.0. The summed E-state index contributed by atoms with van der Waals surface area (Å²) >= 11 is 0. The number of nitrogens with two attached hydrogens (primary N) is 1. The lowest BCUT2D eigenvalue weighted by molar-refractivity contribution is -0.139. The number of para-hydroxylation sites is 1. The van der Waals surface area contributed by atoms with Gasteiger partial charge in [0.05, 0.1) is 18.7 Å². The fraction of sp³-hybridized carbons (Fsp3) is 0.585. The minimum Gasteiger partial charge on any atom is -0.497 e. The van der Waals surface area contributed by atoms with Crippen LogP contribution in [-0.2, 0) is 25.7 Å². The third kappa shape index (κ3) is 12.1. The summed E-state index contributed by atoms with van der Waals surface area (Å²) in [7, 11) is 1.64. The van der Waals surface area contributed by atoms with Crippen LogP contribution >= 0.6 is 17.0 Å². The van der Waals surface area contributed by atoms with Crippen molar-refractivity contribution in [1.82, 2.24) is 30.7 Å². The maximum Gasteiger partial charge on any atom is 0.255 e. The van der Waals surface area contributed by atoms with Gasteiger partial charge >= 0.3 is 0 Å². The summed E-state index contributed by atoms with van der Waals surface area (Å²) in [5.74, 6) is -0.999. The van der Waals surface area contributed by atoms with Gasteiger partial charge in [-0.2, -0.15) is 0 Å². The number of rotatable bonds is 9. The van der Waals surface area contributed by atoms with Gasteiger partial charge in [0.2, 0.25) is 23.6 Å². The van der Waals surface area contributed by atoms with E-state index >= 15 is 0 Å². The zero-order chi connectivity index (χ0) is 39.3. The highest BCUT2D eigenvalue weighted by Crippen LogP contribution is 2.25. The molecule has 3 heterocycles. The normalized spacial score (nSPS) is 23.2. The second kappa shape index (κ2) is 21.9. The Bertz CT molecular complexity index is 1640. The van der Waals surface area contributed by atoms with Gasteiger partial charge in [0.25, 0.3) is 5.91 Å². The molecular weight excluding hydrogens is 782 g/mol. The fourth-order valence-electron chi connectivity index (χ4n) is 7.63. The van der Waals surface area contributed by atoms with Crippen molar-refractivity contribution in [2.24, 2.45) is 11.7 Å². The van der Waals surface area contributed by atoms with Gasteiger partial charge in [-0.1, -0.05) is 38.1 Å². The molecular formula is C41H60BrN7O7. The average Bonchev–Trinajstić information content (AvgIpc) is 3.54. The van der Waals surface area contributed by atoms with Crippen LogP contribution in [0, 0.1) is 5.92 Å². The molecule has 14 nitrogen and oxygen atoms in total. The molecule has 0 spiro atoms. The molecule has 56 heavy (non-hydrogen) atoms. The van der Waals surface area contributed by atoms with Crippen molar-refractivity contribution < 1.29 is 33.4 Å². The van der Waals surface area contributed by atoms with Crippen LogP contribution in [0.4, 0.5) is 0 Å². The molecule has 3 aliphatic rings. The Balaban J connectivity index is 0.00000696. The van der Waals surface area contributed by atoms with E-state index in [4.69, 9.17) is 15.2 Å². The summed E-state index contributed by atoms with van der Waals surface area (Å²) in [6, 6.07) is 11.8. The Morgan fingerprint density at radius 3 is 2.50 bits per heavy atom. The quantitative estimate of drug-likeness (QED) is 0.277. The molecule has 2 aromatic rings. The lowest BCUT2D eigenvalue weighted by Gasteiger charge is -2.31. The van der Waals surface area contributed by atoms with Gasteiger partial charge in [-0.15, -0.1) is 17.0 Å². The highest BCUT2D eigenvalue weighted by atomic mass is 79.9. The van der Waals surface area contributed by atoms with E-state index in [-0.39, 0.29) is 65.8 Å². The van der Waals surface area contributed by atoms with E-state index < -0.39 is 35.8 Å². The van der Waals surface area contributed by atoms with Crippen molar-refractivity contribution in [2.75, 3.05) is 53.0 Å². The molecule has 15 heteroatoms. The highest BCUT2D eigenvalue weighted by Gasteiger charge is 2.37. The number of methoxy groups -OCH3 is 1. The Hall–Kier alpha value is -4.21.